The third-order valence-corrected chi connectivity index (χ3v) is 2.35. The molecule has 1 aromatic rings. The van der Waals surface area contributed by atoms with Crippen molar-refractivity contribution in [2.45, 2.75) is 33.1 Å². The van der Waals surface area contributed by atoms with Crippen molar-refractivity contribution in [3.05, 3.63) is 42.1 Å². The third-order valence-electron chi connectivity index (χ3n) is 2.35. The molecule has 0 aliphatic heterocycles. The maximum absolute atomic E-state index is 3.66. The van der Waals surface area contributed by atoms with Crippen LogP contribution in [-0.2, 0) is 5.41 Å². The fourth-order valence-electron chi connectivity index (χ4n) is 1.40. The molecule has 1 aromatic carbocycles. The van der Waals surface area contributed by atoms with E-state index in [0.717, 1.165) is 5.69 Å². The molecule has 0 aliphatic carbocycles. The van der Waals surface area contributed by atoms with Crippen LogP contribution in [0, 0.1) is 6.92 Å². The third kappa shape index (κ3) is 2.38. The van der Waals surface area contributed by atoms with Gasteiger partial charge in [0.1, 0.15) is 0 Å². The molecule has 76 valence electrons. The summed E-state index contributed by atoms with van der Waals surface area (Å²) in [5.74, 6) is 0. The second kappa shape index (κ2) is 3.87. The van der Waals surface area contributed by atoms with Gasteiger partial charge in [-0.2, -0.15) is 0 Å². The van der Waals surface area contributed by atoms with Crippen LogP contribution >= 0.6 is 0 Å². The highest BCUT2D eigenvalue weighted by molar-refractivity contribution is 5.54. The van der Waals surface area contributed by atoms with Gasteiger partial charge in [0.15, 0.2) is 0 Å². The topological polar surface area (TPSA) is 12.0 Å². The van der Waals surface area contributed by atoms with E-state index in [1.54, 1.807) is 6.20 Å². The number of benzene rings is 1. The van der Waals surface area contributed by atoms with Gasteiger partial charge in [0, 0.05) is 5.69 Å². The zero-order valence-corrected chi connectivity index (χ0v) is 9.52. The Morgan fingerprint density at radius 3 is 2.36 bits per heavy atom. The monoisotopic (exact) mass is 189 g/mol. The number of aryl methyl sites for hydroxylation is 1. The molecule has 1 heteroatoms. The van der Waals surface area contributed by atoms with Crippen LogP contribution in [0.3, 0.4) is 0 Å². The van der Waals surface area contributed by atoms with E-state index in [1.807, 2.05) is 0 Å². The Bertz CT molecular complexity index is 332. The number of rotatable bonds is 2. The van der Waals surface area contributed by atoms with Crippen molar-refractivity contribution in [2.75, 3.05) is 5.32 Å². The molecule has 0 fully saturated rings. The van der Waals surface area contributed by atoms with Crippen LogP contribution in [0.25, 0.3) is 0 Å². The van der Waals surface area contributed by atoms with Crippen molar-refractivity contribution in [2.24, 2.45) is 0 Å². The summed E-state index contributed by atoms with van der Waals surface area (Å²) in [7, 11) is 0. The average Bonchev–Trinajstić information content (AvgIpc) is 2.07. The lowest BCUT2D eigenvalue weighted by atomic mass is 9.86. The van der Waals surface area contributed by atoms with Gasteiger partial charge in [-0.05, 0) is 35.7 Å². The zero-order chi connectivity index (χ0) is 10.8. The second-order valence-corrected chi connectivity index (χ2v) is 4.63. The molecule has 0 radical (unpaired) electrons. The highest BCUT2D eigenvalue weighted by Crippen LogP contribution is 2.26. The van der Waals surface area contributed by atoms with Crippen molar-refractivity contribution in [3.63, 3.8) is 0 Å². The normalized spacial score (nSPS) is 11.1. The van der Waals surface area contributed by atoms with Gasteiger partial charge in [0.2, 0.25) is 0 Å². The zero-order valence-electron chi connectivity index (χ0n) is 9.52. The highest BCUT2D eigenvalue weighted by Gasteiger charge is 2.13. The van der Waals surface area contributed by atoms with Crippen LogP contribution in [0.5, 0.6) is 0 Å². The average molecular weight is 189 g/mol. The van der Waals surface area contributed by atoms with Crippen LogP contribution in [0.4, 0.5) is 5.69 Å². The Balaban J connectivity index is 3.06. The van der Waals surface area contributed by atoms with Gasteiger partial charge < -0.3 is 5.32 Å². The lowest BCUT2D eigenvalue weighted by Crippen LogP contribution is -2.11. The molecule has 0 unspecified atom stereocenters. The van der Waals surface area contributed by atoms with Gasteiger partial charge >= 0.3 is 0 Å². The van der Waals surface area contributed by atoms with Crippen LogP contribution in [0.2, 0.25) is 0 Å². The predicted molar refractivity (Wildman–Crippen MR) is 63.7 cm³/mol. The van der Waals surface area contributed by atoms with E-state index >= 15 is 0 Å². The van der Waals surface area contributed by atoms with Gasteiger partial charge in [-0.25, -0.2) is 0 Å². The summed E-state index contributed by atoms with van der Waals surface area (Å²) in [6.07, 6.45) is 1.71. The highest BCUT2D eigenvalue weighted by atomic mass is 14.8. The van der Waals surface area contributed by atoms with Gasteiger partial charge in [-0.15, -0.1) is 0 Å². The minimum Gasteiger partial charge on any atom is -0.362 e. The SMILES string of the molecule is C=CNc1ccc(C(C)(C)C)cc1C. The first-order valence-corrected chi connectivity index (χ1v) is 4.93. The molecule has 0 saturated heterocycles. The van der Waals surface area contributed by atoms with Gasteiger partial charge in [0.05, 0.1) is 0 Å². The molecule has 1 nitrogen and oxygen atoms in total. The Labute approximate surface area is 86.8 Å². The summed E-state index contributed by atoms with van der Waals surface area (Å²) in [6.45, 7) is 12.4. The smallest absolute Gasteiger partial charge is 0.0409 e. The molecular weight excluding hydrogens is 170 g/mol. The fourth-order valence-corrected chi connectivity index (χ4v) is 1.40. The van der Waals surface area contributed by atoms with Crippen LogP contribution < -0.4 is 5.32 Å². The molecule has 0 heterocycles. The number of anilines is 1. The van der Waals surface area contributed by atoms with E-state index in [4.69, 9.17) is 0 Å². The molecule has 1 N–H and O–H groups in total. The molecule has 0 amide bonds. The van der Waals surface area contributed by atoms with Crippen molar-refractivity contribution in [1.82, 2.24) is 0 Å². The van der Waals surface area contributed by atoms with E-state index in [2.05, 4.69) is 57.8 Å². The fraction of sp³-hybridized carbons (Fsp3) is 0.385. The van der Waals surface area contributed by atoms with Gasteiger partial charge in [0.25, 0.3) is 0 Å². The first kappa shape index (κ1) is 10.8. The molecule has 0 aromatic heterocycles. The minimum absolute atomic E-state index is 0.220. The maximum atomic E-state index is 3.66. The molecule has 0 aliphatic rings. The summed E-state index contributed by atoms with van der Waals surface area (Å²) in [5.41, 5.74) is 3.98. The van der Waals surface area contributed by atoms with E-state index in [1.165, 1.54) is 11.1 Å². The molecule has 0 spiro atoms. The summed E-state index contributed by atoms with van der Waals surface area (Å²) in [6, 6.07) is 6.50. The maximum Gasteiger partial charge on any atom is 0.0409 e. The van der Waals surface area contributed by atoms with Crippen LogP contribution in [0.1, 0.15) is 31.9 Å². The summed E-state index contributed by atoms with van der Waals surface area (Å²) in [5, 5.41) is 3.12. The van der Waals surface area contributed by atoms with Crippen molar-refractivity contribution < 1.29 is 0 Å². The van der Waals surface area contributed by atoms with Crippen LogP contribution in [-0.4, -0.2) is 0 Å². The van der Waals surface area contributed by atoms with Gasteiger partial charge in [-0.1, -0.05) is 39.5 Å². The number of nitrogens with one attached hydrogen (secondary N) is 1. The Kier molecular flexibility index (Phi) is 3.00. The lowest BCUT2D eigenvalue weighted by Gasteiger charge is -2.20. The number of hydrogen-bond donors (Lipinski definition) is 1. The molecule has 0 saturated carbocycles. The molecule has 0 bridgehead atoms. The van der Waals surface area contributed by atoms with E-state index in [0.29, 0.717) is 0 Å². The van der Waals surface area contributed by atoms with E-state index in [9.17, 15) is 0 Å². The second-order valence-electron chi connectivity index (χ2n) is 4.63. The summed E-state index contributed by atoms with van der Waals surface area (Å²) < 4.78 is 0. The van der Waals surface area contributed by atoms with Crippen LogP contribution in [0.15, 0.2) is 31.0 Å². The Morgan fingerprint density at radius 2 is 1.93 bits per heavy atom. The molecular formula is C13H19N. The minimum atomic E-state index is 0.220. The first-order chi connectivity index (χ1) is 6.45. The Hall–Kier alpha value is -1.24. The molecule has 14 heavy (non-hydrogen) atoms. The largest absolute Gasteiger partial charge is 0.362 e. The van der Waals surface area contributed by atoms with Gasteiger partial charge in [-0.3, -0.25) is 0 Å². The first-order valence-electron chi connectivity index (χ1n) is 4.93. The molecule has 0 atom stereocenters. The Morgan fingerprint density at radius 1 is 1.29 bits per heavy atom. The van der Waals surface area contributed by atoms with E-state index < -0.39 is 0 Å². The standard InChI is InChI=1S/C13H19N/c1-6-14-12-8-7-11(9-10(12)2)13(3,4)5/h6-9,14H,1H2,2-5H3. The molecule has 1 rings (SSSR count). The van der Waals surface area contributed by atoms with Crippen molar-refractivity contribution in [1.29, 1.82) is 0 Å². The van der Waals surface area contributed by atoms with Crippen molar-refractivity contribution >= 4 is 5.69 Å². The summed E-state index contributed by atoms with van der Waals surface area (Å²) >= 11 is 0. The lowest BCUT2D eigenvalue weighted by molar-refractivity contribution is 0.590. The van der Waals surface area contributed by atoms with E-state index in [-0.39, 0.29) is 5.41 Å². The predicted octanol–water partition coefficient (Wildman–Crippen LogP) is 3.85. The quantitative estimate of drug-likeness (QED) is 0.745. The number of hydrogen-bond acceptors (Lipinski definition) is 1. The van der Waals surface area contributed by atoms with Crippen molar-refractivity contribution in [3.8, 4) is 0 Å². The summed E-state index contributed by atoms with van der Waals surface area (Å²) in [4.78, 5) is 0.